The molecule has 0 saturated carbocycles. The zero-order chi connectivity index (χ0) is 40.7. The highest BCUT2D eigenvalue weighted by atomic mass is 32.1. The average molecular weight is 812 g/mol. The SMILES string of the molecule is C1=CC(c2ccc3c4ccccc4c4ccccc4c3c2)CC(c2ccc3oc4cc(-c5nc(-c6ccccc6)nc(-c6ccc7c8c(sc7c6)C=CCC8)n5)ccc4c3c2)=C1. The van der Waals surface area contributed by atoms with Crippen LogP contribution in [0.5, 0.6) is 0 Å². The molecule has 0 saturated heterocycles. The Balaban J connectivity index is 0.845. The fourth-order valence-corrected chi connectivity index (χ4v) is 11.1. The van der Waals surface area contributed by atoms with Gasteiger partial charge in [0.2, 0.25) is 0 Å². The van der Waals surface area contributed by atoms with E-state index in [9.17, 15) is 0 Å². The maximum absolute atomic E-state index is 6.56. The van der Waals surface area contributed by atoms with Gasteiger partial charge in [0.1, 0.15) is 11.2 Å². The summed E-state index contributed by atoms with van der Waals surface area (Å²) in [4.78, 5) is 16.5. The molecule has 0 fully saturated rings. The highest BCUT2D eigenvalue weighted by Gasteiger charge is 2.20. The lowest BCUT2D eigenvalue weighted by Gasteiger charge is -2.20. The van der Waals surface area contributed by atoms with E-state index in [0.717, 1.165) is 57.9 Å². The van der Waals surface area contributed by atoms with Crippen molar-refractivity contribution in [3.05, 3.63) is 198 Å². The van der Waals surface area contributed by atoms with Crippen molar-refractivity contribution >= 4 is 87.3 Å². The van der Waals surface area contributed by atoms with Crippen LogP contribution >= 0.6 is 11.3 Å². The number of furan rings is 1. The summed E-state index contributed by atoms with van der Waals surface area (Å²) in [5, 5.41) is 11.3. The highest BCUT2D eigenvalue weighted by Crippen LogP contribution is 2.42. The van der Waals surface area contributed by atoms with Gasteiger partial charge in [-0.1, -0.05) is 140 Å². The van der Waals surface area contributed by atoms with Gasteiger partial charge < -0.3 is 4.42 Å². The van der Waals surface area contributed by atoms with Gasteiger partial charge in [0.25, 0.3) is 0 Å². The Hall–Kier alpha value is -7.47. The Morgan fingerprint density at radius 2 is 1.15 bits per heavy atom. The first-order valence-corrected chi connectivity index (χ1v) is 22.2. The first kappa shape index (κ1) is 35.3. The minimum absolute atomic E-state index is 0.268. The van der Waals surface area contributed by atoms with Crippen molar-refractivity contribution in [3.63, 3.8) is 0 Å². The van der Waals surface area contributed by atoms with Gasteiger partial charge in [0, 0.05) is 43.0 Å². The van der Waals surface area contributed by atoms with E-state index in [0.29, 0.717) is 17.5 Å². The van der Waals surface area contributed by atoms with Crippen molar-refractivity contribution in [2.24, 2.45) is 0 Å². The maximum atomic E-state index is 6.56. The van der Waals surface area contributed by atoms with Gasteiger partial charge in [-0.2, -0.15) is 0 Å². The maximum Gasteiger partial charge on any atom is 0.164 e. The Bertz CT molecular complexity index is 3700. The van der Waals surface area contributed by atoms with Gasteiger partial charge in [0.15, 0.2) is 17.5 Å². The number of aryl methyl sites for hydroxylation is 1. The van der Waals surface area contributed by atoms with Crippen LogP contribution in [0.25, 0.3) is 110 Å². The lowest BCUT2D eigenvalue weighted by Crippen LogP contribution is -2.01. The van der Waals surface area contributed by atoms with E-state index in [-0.39, 0.29) is 5.92 Å². The van der Waals surface area contributed by atoms with Gasteiger partial charge in [-0.25, -0.2) is 15.0 Å². The van der Waals surface area contributed by atoms with Crippen LogP contribution in [0.1, 0.15) is 40.3 Å². The lowest BCUT2D eigenvalue weighted by atomic mass is 9.83. The summed E-state index contributed by atoms with van der Waals surface area (Å²) in [6.07, 6.45) is 14.5. The van der Waals surface area contributed by atoms with Gasteiger partial charge in [-0.3, -0.25) is 0 Å². The second-order valence-corrected chi connectivity index (χ2v) is 17.7. The van der Waals surface area contributed by atoms with Crippen LogP contribution in [0.3, 0.4) is 0 Å². The van der Waals surface area contributed by atoms with Gasteiger partial charge in [-0.05, 0) is 122 Å². The summed E-state index contributed by atoms with van der Waals surface area (Å²) in [7, 11) is 0. The van der Waals surface area contributed by atoms with Gasteiger partial charge >= 0.3 is 0 Å². The normalized spacial score (nSPS) is 15.0. The summed E-state index contributed by atoms with van der Waals surface area (Å²) in [5.74, 6) is 2.19. The molecular weight excluding hydrogens is 775 g/mol. The number of fused-ring (bicyclic) bond motifs is 12. The van der Waals surface area contributed by atoms with Crippen molar-refractivity contribution in [3.8, 4) is 34.2 Å². The van der Waals surface area contributed by atoms with E-state index >= 15 is 0 Å². The average Bonchev–Trinajstić information content (AvgIpc) is 3.91. The molecule has 0 N–H and O–H groups in total. The van der Waals surface area contributed by atoms with Crippen LogP contribution < -0.4 is 0 Å². The van der Waals surface area contributed by atoms with Crippen LogP contribution in [-0.2, 0) is 6.42 Å². The Labute approximate surface area is 361 Å². The smallest absolute Gasteiger partial charge is 0.164 e. The minimum atomic E-state index is 0.268. The molecule has 4 nitrogen and oxygen atoms in total. The predicted molar refractivity (Wildman–Crippen MR) is 260 cm³/mol. The number of hydrogen-bond acceptors (Lipinski definition) is 5. The number of nitrogens with zero attached hydrogens (tertiary/aromatic N) is 3. The number of thiophene rings is 1. The topological polar surface area (TPSA) is 51.8 Å². The molecule has 0 radical (unpaired) electrons. The monoisotopic (exact) mass is 811 g/mol. The largest absolute Gasteiger partial charge is 0.456 e. The molecule has 2 aliphatic carbocycles. The van der Waals surface area contributed by atoms with E-state index in [2.05, 4.69) is 164 Å². The number of allylic oxidation sites excluding steroid dienone is 5. The molecular formula is C57H37N3OS. The molecule has 5 heteroatoms. The van der Waals surface area contributed by atoms with Gasteiger partial charge in [0.05, 0.1) is 0 Å². The van der Waals surface area contributed by atoms with E-state index < -0.39 is 0 Å². The summed E-state index contributed by atoms with van der Waals surface area (Å²) in [6.45, 7) is 0. The van der Waals surface area contributed by atoms with E-state index in [1.54, 1.807) is 0 Å². The molecule has 1 unspecified atom stereocenters. The second kappa shape index (κ2) is 14.1. The van der Waals surface area contributed by atoms with Crippen LogP contribution in [0.2, 0.25) is 0 Å². The molecule has 0 amide bonds. The quantitative estimate of drug-likeness (QED) is 0.162. The molecule has 0 bridgehead atoms. The summed E-state index contributed by atoms with van der Waals surface area (Å²) in [5.41, 5.74) is 9.80. The van der Waals surface area contributed by atoms with Crippen LogP contribution in [-0.4, -0.2) is 15.0 Å². The first-order valence-electron chi connectivity index (χ1n) is 21.4. The third-order valence-corrected chi connectivity index (χ3v) is 14.1. The third kappa shape index (κ3) is 5.77. The molecule has 0 spiro atoms. The first-order chi connectivity index (χ1) is 30.7. The molecule has 2 aliphatic rings. The molecule has 0 aliphatic heterocycles. The van der Waals surface area contributed by atoms with Crippen molar-refractivity contribution < 1.29 is 4.42 Å². The van der Waals surface area contributed by atoms with Crippen molar-refractivity contribution in [2.75, 3.05) is 0 Å². The molecule has 3 heterocycles. The lowest BCUT2D eigenvalue weighted by molar-refractivity contribution is 0.669. The zero-order valence-electron chi connectivity index (χ0n) is 33.7. The fourth-order valence-electron chi connectivity index (χ4n) is 9.86. The molecule has 1 atom stereocenters. The summed E-state index contributed by atoms with van der Waals surface area (Å²) < 4.78 is 7.82. The minimum Gasteiger partial charge on any atom is -0.456 e. The molecule has 3 aromatic heterocycles. The molecule has 13 rings (SSSR count). The molecule has 8 aromatic carbocycles. The Morgan fingerprint density at radius 3 is 1.92 bits per heavy atom. The molecule has 292 valence electrons. The Kier molecular flexibility index (Phi) is 8.00. The number of benzene rings is 8. The van der Waals surface area contributed by atoms with Crippen molar-refractivity contribution in [2.45, 2.75) is 25.2 Å². The standard InChI is InChI=1S/C57H37N3OS/c1-2-11-34(12-3-1)55-58-56(60-57(59-55)40-23-27-48-47-19-8-9-20-53(47)62-54(48)33-40)39-22-26-46-50-31-38(24-28-51(50)61-52(46)32-39)36-14-10-13-35(29-36)37-21-25-45-43-17-5-4-15-41(43)42-16-6-7-18-44(42)49(45)30-37/h1-7,9-18,20-28,30-33,35H,8,19,29H2. The second-order valence-electron chi connectivity index (χ2n) is 16.6. The third-order valence-electron chi connectivity index (χ3n) is 13.0. The van der Waals surface area contributed by atoms with Crippen molar-refractivity contribution in [1.82, 2.24) is 15.0 Å². The Morgan fingerprint density at radius 1 is 0.500 bits per heavy atom. The molecule has 62 heavy (non-hydrogen) atoms. The number of aromatic nitrogens is 3. The molecule has 11 aromatic rings. The van der Waals surface area contributed by atoms with E-state index in [4.69, 9.17) is 19.4 Å². The van der Waals surface area contributed by atoms with E-state index in [1.165, 1.54) is 69.5 Å². The van der Waals surface area contributed by atoms with Gasteiger partial charge in [-0.15, -0.1) is 11.3 Å². The fraction of sp³-hybridized carbons (Fsp3) is 0.0702. The van der Waals surface area contributed by atoms with Crippen LogP contribution in [0.4, 0.5) is 0 Å². The predicted octanol–water partition coefficient (Wildman–Crippen LogP) is 15.5. The number of rotatable bonds is 5. The summed E-state index contributed by atoms with van der Waals surface area (Å²) >= 11 is 1.85. The van der Waals surface area contributed by atoms with Crippen molar-refractivity contribution in [1.29, 1.82) is 0 Å². The van der Waals surface area contributed by atoms with E-state index in [1.807, 2.05) is 29.5 Å². The summed E-state index contributed by atoms with van der Waals surface area (Å²) in [6, 6.07) is 54.5. The van der Waals surface area contributed by atoms with Crippen LogP contribution in [0, 0.1) is 0 Å². The zero-order valence-corrected chi connectivity index (χ0v) is 34.5. The number of hydrogen-bond donors (Lipinski definition) is 0. The highest BCUT2D eigenvalue weighted by molar-refractivity contribution is 7.20. The van der Waals surface area contributed by atoms with Crippen LogP contribution in [0.15, 0.2) is 180 Å².